The molecule has 2 saturated carbocycles. The summed E-state index contributed by atoms with van der Waals surface area (Å²) in [7, 11) is 0. The molecule has 0 saturated heterocycles. The summed E-state index contributed by atoms with van der Waals surface area (Å²) in [6, 6.07) is 0.0271. The number of rotatable bonds is 3. The number of urea groups is 1. The molecule has 2 amide bonds. The molecule has 0 bridgehead atoms. The van der Waals surface area contributed by atoms with Gasteiger partial charge >= 0.3 is 6.03 Å². The van der Waals surface area contributed by atoms with Crippen LogP contribution in [0.1, 0.15) is 64.2 Å². The van der Waals surface area contributed by atoms with Gasteiger partial charge in [0.1, 0.15) is 0 Å². The third-order valence-electron chi connectivity index (χ3n) is 4.62. The highest BCUT2D eigenvalue weighted by Gasteiger charge is 2.31. The lowest BCUT2D eigenvalue weighted by Crippen LogP contribution is -2.48. The van der Waals surface area contributed by atoms with Gasteiger partial charge in [0.2, 0.25) is 0 Å². The molecule has 0 aromatic heterocycles. The molecule has 98 valence electrons. The Bertz CT molecular complexity index is 225. The van der Waals surface area contributed by atoms with Gasteiger partial charge in [-0.2, -0.15) is 0 Å². The number of carbonyl (C=O) groups excluding carboxylic acids is 1. The first-order chi connectivity index (χ1) is 8.27. The molecule has 17 heavy (non-hydrogen) atoms. The van der Waals surface area contributed by atoms with Crippen molar-refractivity contribution in [3.8, 4) is 0 Å². The largest absolute Gasteiger partial charge is 0.352 e. The Labute approximate surface area is 105 Å². The molecule has 3 N–H and O–H groups in total. The maximum atomic E-state index is 11.2. The van der Waals surface area contributed by atoms with E-state index in [-0.39, 0.29) is 6.03 Å². The predicted molar refractivity (Wildman–Crippen MR) is 69.7 cm³/mol. The van der Waals surface area contributed by atoms with Crippen LogP contribution in [0, 0.1) is 11.8 Å². The highest BCUT2D eigenvalue weighted by molar-refractivity contribution is 5.72. The number of carbonyl (C=O) groups is 1. The minimum atomic E-state index is -0.328. The highest BCUT2D eigenvalue weighted by Crippen LogP contribution is 2.35. The maximum absolute atomic E-state index is 11.2. The van der Waals surface area contributed by atoms with Crippen molar-refractivity contribution in [1.82, 2.24) is 5.32 Å². The second-order valence-electron chi connectivity index (χ2n) is 5.83. The van der Waals surface area contributed by atoms with E-state index in [1.807, 2.05) is 0 Å². The standard InChI is InChI=1S/C14H26N2O/c15-14(17)16-13(11-7-3-1-4-8-11)12-9-5-2-6-10-12/h11-13H,1-10H2,(H3,15,16,17). The summed E-state index contributed by atoms with van der Waals surface area (Å²) in [6.45, 7) is 0. The van der Waals surface area contributed by atoms with E-state index < -0.39 is 0 Å². The van der Waals surface area contributed by atoms with Crippen LogP contribution in [0.3, 0.4) is 0 Å². The highest BCUT2D eigenvalue weighted by atomic mass is 16.2. The van der Waals surface area contributed by atoms with Crippen molar-refractivity contribution in [1.29, 1.82) is 0 Å². The minimum Gasteiger partial charge on any atom is -0.352 e. The quantitative estimate of drug-likeness (QED) is 0.779. The third-order valence-corrected chi connectivity index (χ3v) is 4.62. The Balaban J connectivity index is 1.97. The number of nitrogens with one attached hydrogen (secondary N) is 1. The van der Waals surface area contributed by atoms with E-state index in [0.717, 1.165) is 0 Å². The molecule has 2 rings (SSSR count). The normalized spacial score (nSPS) is 23.8. The lowest BCUT2D eigenvalue weighted by Gasteiger charge is -2.37. The number of hydrogen-bond donors (Lipinski definition) is 2. The maximum Gasteiger partial charge on any atom is 0.312 e. The monoisotopic (exact) mass is 238 g/mol. The molecule has 0 aromatic carbocycles. The zero-order chi connectivity index (χ0) is 12.1. The molecule has 0 radical (unpaired) electrons. The van der Waals surface area contributed by atoms with Crippen LogP contribution in [0.25, 0.3) is 0 Å². The Morgan fingerprint density at radius 3 is 1.65 bits per heavy atom. The molecule has 2 fully saturated rings. The van der Waals surface area contributed by atoms with Crippen LogP contribution < -0.4 is 11.1 Å². The predicted octanol–water partition coefficient (Wildman–Crippen LogP) is 3.18. The fourth-order valence-corrected chi connectivity index (χ4v) is 3.77. The smallest absolute Gasteiger partial charge is 0.312 e. The van der Waals surface area contributed by atoms with Crippen LogP contribution in [0.2, 0.25) is 0 Å². The van der Waals surface area contributed by atoms with Gasteiger partial charge < -0.3 is 11.1 Å². The molecular formula is C14H26N2O. The van der Waals surface area contributed by atoms with E-state index in [0.29, 0.717) is 17.9 Å². The Morgan fingerprint density at radius 1 is 0.882 bits per heavy atom. The first-order valence-electron chi connectivity index (χ1n) is 7.33. The Kier molecular flexibility index (Phi) is 4.69. The van der Waals surface area contributed by atoms with E-state index in [1.54, 1.807) is 0 Å². The molecule has 0 atom stereocenters. The van der Waals surface area contributed by atoms with Gasteiger partial charge in [-0.1, -0.05) is 38.5 Å². The van der Waals surface area contributed by atoms with Gasteiger partial charge in [-0.25, -0.2) is 4.79 Å². The molecule has 2 aliphatic carbocycles. The fraction of sp³-hybridized carbons (Fsp3) is 0.929. The van der Waals surface area contributed by atoms with E-state index in [1.165, 1.54) is 64.2 Å². The van der Waals surface area contributed by atoms with Crippen molar-refractivity contribution in [2.75, 3.05) is 0 Å². The molecule has 0 unspecified atom stereocenters. The lowest BCUT2D eigenvalue weighted by atomic mass is 9.74. The van der Waals surface area contributed by atoms with Crippen LogP contribution in [0.4, 0.5) is 4.79 Å². The lowest BCUT2D eigenvalue weighted by molar-refractivity contribution is 0.172. The number of nitrogens with two attached hydrogens (primary N) is 1. The van der Waals surface area contributed by atoms with Gasteiger partial charge in [-0.15, -0.1) is 0 Å². The summed E-state index contributed by atoms with van der Waals surface area (Å²) >= 11 is 0. The second-order valence-corrected chi connectivity index (χ2v) is 5.83. The number of hydrogen-bond acceptors (Lipinski definition) is 1. The summed E-state index contributed by atoms with van der Waals surface area (Å²) in [5.41, 5.74) is 5.36. The van der Waals surface area contributed by atoms with Gasteiger partial charge in [0, 0.05) is 6.04 Å². The molecule has 3 nitrogen and oxygen atoms in total. The molecule has 2 aliphatic rings. The summed E-state index contributed by atoms with van der Waals surface area (Å²) in [6.07, 6.45) is 13.2. The van der Waals surface area contributed by atoms with Crippen LogP contribution in [-0.4, -0.2) is 12.1 Å². The van der Waals surface area contributed by atoms with E-state index in [2.05, 4.69) is 5.32 Å². The first-order valence-corrected chi connectivity index (χ1v) is 7.33. The summed E-state index contributed by atoms with van der Waals surface area (Å²) in [5, 5.41) is 3.06. The van der Waals surface area contributed by atoms with E-state index >= 15 is 0 Å². The SMILES string of the molecule is NC(=O)NC(C1CCCCC1)C1CCCCC1. The summed E-state index contributed by atoms with van der Waals surface area (Å²) < 4.78 is 0. The van der Waals surface area contributed by atoms with Gasteiger partial charge in [-0.05, 0) is 37.5 Å². The van der Waals surface area contributed by atoms with Gasteiger partial charge in [0.25, 0.3) is 0 Å². The molecule has 0 heterocycles. The topological polar surface area (TPSA) is 55.1 Å². The van der Waals surface area contributed by atoms with E-state index in [4.69, 9.17) is 5.73 Å². The number of amides is 2. The minimum absolute atomic E-state index is 0.328. The van der Waals surface area contributed by atoms with Crippen molar-refractivity contribution in [2.45, 2.75) is 70.3 Å². The van der Waals surface area contributed by atoms with Crippen molar-refractivity contribution in [2.24, 2.45) is 17.6 Å². The second kappa shape index (κ2) is 6.27. The van der Waals surface area contributed by atoms with Crippen molar-refractivity contribution >= 4 is 6.03 Å². The van der Waals surface area contributed by atoms with Crippen LogP contribution in [0.5, 0.6) is 0 Å². The van der Waals surface area contributed by atoms with Gasteiger partial charge in [0.05, 0.1) is 0 Å². The summed E-state index contributed by atoms with van der Waals surface area (Å²) in [5.74, 6) is 1.36. The van der Waals surface area contributed by atoms with Crippen LogP contribution >= 0.6 is 0 Å². The third kappa shape index (κ3) is 3.62. The zero-order valence-electron chi connectivity index (χ0n) is 10.8. The van der Waals surface area contributed by atoms with Crippen molar-refractivity contribution < 1.29 is 4.79 Å². The van der Waals surface area contributed by atoms with Crippen molar-refractivity contribution in [3.63, 3.8) is 0 Å². The fourth-order valence-electron chi connectivity index (χ4n) is 3.77. The average molecular weight is 238 g/mol. The van der Waals surface area contributed by atoms with Gasteiger partial charge in [-0.3, -0.25) is 0 Å². The van der Waals surface area contributed by atoms with Gasteiger partial charge in [0.15, 0.2) is 0 Å². The number of primary amides is 1. The molecule has 0 aliphatic heterocycles. The van der Waals surface area contributed by atoms with Crippen molar-refractivity contribution in [3.05, 3.63) is 0 Å². The Hall–Kier alpha value is -0.730. The Morgan fingerprint density at radius 2 is 1.29 bits per heavy atom. The first kappa shape index (κ1) is 12.7. The van der Waals surface area contributed by atoms with Crippen LogP contribution in [0.15, 0.2) is 0 Å². The summed E-state index contributed by atoms with van der Waals surface area (Å²) in [4.78, 5) is 11.2. The molecule has 0 aromatic rings. The van der Waals surface area contributed by atoms with Crippen LogP contribution in [-0.2, 0) is 0 Å². The average Bonchev–Trinajstić information content (AvgIpc) is 2.38. The zero-order valence-corrected chi connectivity index (χ0v) is 10.8. The molecular weight excluding hydrogens is 212 g/mol. The molecule has 3 heteroatoms. The van der Waals surface area contributed by atoms with E-state index in [9.17, 15) is 4.79 Å². The molecule has 0 spiro atoms.